The normalized spacial score (nSPS) is 24.0. The van der Waals surface area contributed by atoms with E-state index in [0.717, 1.165) is 0 Å². The van der Waals surface area contributed by atoms with Crippen LogP contribution in [0.4, 0.5) is 50.0 Å². The van der Waals surface area contributed by atoms with Crippen molar-refractivity contribution in [3.63, 3.8) is 0 Å². The summed E-state index contributed by atoms with van der Waals surface area (Å²) < 4.78 is 202. The summed E-state index contributed by atoms with van der Waals surface area (Å²) in [4.78, 5) is 13.4. The molecule has 0 aliphatic carbocycles. The fourth-order valence-electron chi connectivity index (χ4n) is 3.85. The van der Waals surface area contributed by atoms with Gasteiger partial charge in [0.2, 0.25) is 0 Å². The second-order valence-corrected chi connectivity index (χ2v) is 7.85. The van der Waals surface area contributed by atoms with Gasteiger partial charge in [-0.1, -0.05) is 6.85 Å². The molecule has 1 aliphatic rings. The maximum absolute atomic E-state index is 13.7. The molecule has 1 heterocycles. The summed E-state index contributed by atoms with van der Waals surface area (Å²) in [5.74, 6) is 0. The van der Waals surface area contributed by atoms with E-state index in [0.29, 0.717) is 30.3 Å². The largest absolute Gasteiger partial charge is 0.449 e. The minimum atomic E-state index is -5.25. The van der Waals surface area contributed by atoms with E-state index in [1.54, 1.807) is 0 Å². The number of carbonyl (C=O) groups is 1. The fourth-order valence-corrected chi connectivity index (χ4v) is 3.85. The predicted octanol–water partition coefficient (Wildman–Crippen LogP) is 7.72. The molecule has 1 amide bonds. The molecule has 4 nitrogen and oxygen atoms in total. The Bertz CT molecular complexity index is 1460. The highest BCUT2D eigenvalue weighted by molar-refractivity contribution is 5.90. The molecular formula is C24H23F9N2O2. The Kier molecular flexibility index (Phi) is 4.94. The number of halogens is 9. The molecule has 3 rings (SSSR count). The number of hydrogen-bond acceptors (Lipinski definition) is 3. The van der Waals surface area contributed by atoms with Crippen LogP contribution < -0.4 is 10.2 Å². The highest BCUT2D eigenvalue weighted by Crippen LogP contribution is 2.42. The third-order valence-electron chi connectivity index (χ3n) is 5.46. The topological polar surface area (TPSA) is 41.6 Å². The quantitative estimate of drug-likeness (QED) is 0.386. The van der Waals surface area contributed by atoms with Crippen molar-refractivity contribution in [3.05, 3.63) is 64.2 Å². The zero-order valence-corrected chi connectivity index (χ0v) is 18.2. The van der Waals surface area contributed by atoms with Crippen LogP contribution in [0.15, 0.2) is 36.4 Å². The van der Waals surface area contributed by atoms with Crippen molar-refractivity contribution in [2.75, 3.05) is 11.5 Å². The number of benzene rings is 2. The number of hydrogen-bond donors (Lipinski definition) is 1. The lowest BCUT2D eigenvalue weighted by molar-refractivity contribution is -0.143. The Morgan fingerprint density at radius 3 is 2.14 bits per heavy atom. The average molecular weight is 553 g/mol. The number of nitrogens with one attached hydrogen (secondary N) is 1. The average Bonchev–Trinajstić information content (AvgIpc) is 2.87. The predicted molar refractivity (Wildman–Crippen MR) is 116 cm³/mol. The summed E-state index contributed by atoms with van der Waals surface area (Å²) in [5.41, 5.74) is -6.87. The lowest BCUT2D eigenvalue weighted by Crippen LogP contribution is -2.47. The van der Waals surface area contributed by atoms with Crippen LogP contribution in [0.3, 0.4) is 0 Å². The van der Waals surface area contributed by atoms with Gasteiger partial charge in [-0.2, -0.15) is 39.5 Å². The van der Waals surface area contributed by atoms with E-state index in [1.165, 1.54) is 0 Å². The summed E-state index contributed by atoms with van der Waals surface area (Å²) in [7, 11) is 0. The third kappa shape index (κ3) is 6.49. The first-order valence-electron chi connectivity index (χ1n) is 15.1. The van der Waals surface area contributed by atoms with E-state index in [9.17, 15) is 44.3 Å². The summed E-state index contributed by atoms with van der Waals surface area (Å²) in [6, 6.07) is -2.23. The molecule has 2 aromatic rings. The van der Waals surface area contributed by atoms with Crippen molar-refractivity contribution in [1.29, 1.82) is 0 Å². The summed E-state index contributed by atoms with van der Waals surface area (Å²) >= 11 is 0. The van der Waals surface area contributed by atoms with E-state index >= 15 is 0 Å². The molecule has 0 aromatic heterocycles. The smallest absolute Gasteiger partial charge is 0.416 e. The van der Waals surface area contributed by atoms with E-state index < -0.39 is 110 Å². The molecule has 0 fully saturated rings. The van der Waals surface area contributed by atoms with Gasteiger partial charge >= 0.3 is 24.6 Å². The lowest BCUT2D eigenvalue weighted by Gasteiger charge is -2.40. The number of nitrogens with zero attached hydrogens (tertiary/aromatic N) is 1. The number of alkyl halides is 9. The molecule has 13 heteroatoms. The Morgan fingerprint density at radius 2 is 1.59 bits per heavy atom. The zero-order valence-electron chi connectivity index (χ0n) is 28.2. The first-order chi connectivity index (χ1) is 20.9. The van der Waals surface area contributed by atoms with Crippen LogP contribution in [-0.4, -0.2) is 18.7 Å². The van der Waals surface area contributed by atoms with Crippen molar-refractivity contribution in [2.24, 2.45) is 0 Å². The Hall–Kier alpha value is -2.96. The van der Waals surface area contributed by atoms with Gasteiger partial charge in [0, 0.05) is 29.6 Å². The monoisotopic (exact) mass is 552 g/mol. The third-order valence-corrected chi connectivity index (χ3v) is 5.46. The van der Waals surface area contributed by atoms with Crippen molar-refractivity contribution in [2.45, 2.75) is 63.7 Å². The summed E-state index contributed by atoms with van der Waals surface area (Å²) in [6.45, 7) is -12.0. The highest BCUT2D eigenvalue weighted by Gasteiger charge is 2.40. The molecule has 1 N–H and O–H groups in total. The number of fused-ring (bicyclic) bond motifs is 1. The van der Waals surface area contributed by atoms with Gasteiger partial charge in [0.15, 0.2) is 0 Å². The van der Waals surface area contributed by atoms with Crippen molar-refractivity contribution < 1.29 is 62.8 Å². The van der Waals surface area contributed by atoms with E-state index in [1.807, 2.05) is 0 Å². The van der Waals surface area contributed by atoms with Crippen LogP contribution in [0.2, 0.25) is 0 Å². The van der Waals surface area contributed by atoms with Crippen LogP contribution in [0.5, 0.6) is 0 Å². The van der Waals surface area contributed by atoms with Gasteiger partial charge in [-0.05, 0) is 67.2 Å². The van der Waals surface area contributed by atoms with Gasteiger partial charge in [-0.15, -0.1) is 0 Å². The second kappa shape index (κ2) is 10.4. The molecule has 0 bridgehead atoms. The molecule has 0 saturated carbocycles. The van der Waals surface area contributed by atoms with E-state index in [2.05, 4.69) is 10.1 Å². The molecular weight excluding hydrogens is 519 g/mol. The highest BCUT2D eigenvalue weighted by atomic mass is 19.4. The van der Waals surface area contributed by atoms with Gasteiger partial charge in [0.05, 0.1) is 31.7 Å². The Balaban J connectivity index is 2.22. The molecule has 1 aliphatic heterocycles. The minimum absolute atomic E-state index is 0.121. The number of anilines is 1. The van der Waals surface area contributed by atoms with Crippen LogP contribution in [0, 0.1) is 0 Å². The molecule has 0 unspecified atom stereocenters. The van der Waals surface area contributed by atoms with Gasteiger partial charge in [-0.25, -0.2) is 4.79 Å². The minimum Gasteiger partial charge on any atom is -0.449 e. The molecule has 0 radical (unpaired) electrons. The lowest BCUT2D eigenvalue weighted by atomic mass is 9.88. The number of carbonyl (C=O) groups excluding carboxylic acids is 1. The Morgan fingerprint density at radius 1 is 0.973 bits per heavy atom. The van der Waals surface area contributed by atoms with Gasteiger partial charge in [0.25, 0.3) is 0 Å². The van der Waals surface area contributed by atoms with Crippen molar-refractivity contribution in [1.82, 2.24) is 5.32 Å². The molecule has 37 heavy (non-hydrogen) atoms. The fraction of sp³-hybridized carbons (Fsp3) is 0.458. The van der Waals surface area contributed by atoms with E-state index in [-0.39, 0.29) is 11.0 Å². The SMILES string of the molecule is [2H]C([2H])([2H])C([2H])([2H])OC(=O)N1c2ccc(C(F)(F)F)cc2[C@@H](NCc2cc(C(F)(F)F)cc(C(F)(F)F)c2)C[C@@H]1C([2H])([2H])C([2H])([2H])[2H]. The maximum Gasteiger partial charge on any atom is 0.416 e. The number of amides is 1. The van der Waals surface area contributed by atoms with Crippen LogP contribution in [-0.2, 0) is 29.8 Å². The molecule has 2 aromatic carbocycles. The zero-order chi connectivity index (χ0) is 36.3. The number of rotatable bonds is 5. The summed E-state index contributed by atoms with van der Waals surface area (Å²) in [6.07, 6.45) is -22.1. The first kappa shape index (κ1) is 17.5. The molecule has 0 saturated heterocycles. The first-order valence-corrected chi connectivity index (χ1v) is 10.1. The van der Waals surface area contributed by atoms with Gasteiger partial charge in [-0.3, -0.25) is 4.90 Å². The van der Waals surface area contributed by atoms with Crippen molar-refractivity contribution in [3.8, 4) is 0 Å². The maximum atomic E-state index is 13.7. The standard InChI is InChI=1S/C24H23F9N2O2/c1-3-17-11-19(34-12-13-7-15(23(28,29)30)9-16(8-13)24(31,32)33)18-10-14(22(25,26)27)5-6-20(18)35(17)21(36)37-4-2/h5-10,17,19,34H,3-4,11-12H2,1-2H3/t17-,19-/m0/s1/i1D3,2D3,3D2,4D2. The summed E-state index contributed by atoms with van der Waals surface area (Å²) in [5, 5.41) is 2.42. The van der Waals surface area contributed by atoms with Crippen LogP contribution in [0.1, 0.15) is 74.1 Å². The van der Waals surface area contributed by atoms with Crippen LogP contribution >= 0.6 is 0 Å². The second-order valence-electron chi connectivity index (χ2n) is 7.85. The molecule has 2 atom stereocenters. The van der Waals surface area contributed by atoms with E-state index in [4.69, 9.17) is 13.7 Å². The molecule has 0 spiro atoms. The van der Waals surface area contributed by atoms with Crippen molar-refractivity contribution >= 4 is 11.8 Å². The molecule has 204 valence electrons. The van der Waals surface area contributed by atoms with Gasteiger partial charge < -0.3 is 10.1 Å². The van der Waals surface area contributed by atoms with Crippen LogP contribution in [0.25, 0.3) is 0 Å². The van der Waals surface area contributed by atoms with Gasteiger partial charge in [0.1, 0.15) is 0 Å². The Labute approximate surface area is 220 Å². The number of ether oxygens (including phenoxy) is 1.